The molecule has 1 aromatic heterocycles. The second kappa shape index (κ2) is 8.15. The molecule has 0 spiro atoms. The maximum atomic E-state index is 12.6. The molecule has 3 aromatic carbocycles. The summed E-state index contributed by atoms with van der Waals surface area (Å²) in [5.74, 6) is 0.797. The summed E-state index contributed by atoms with van der Waals surface area (Å²) >= 11 is 12.2. The van der Waals surface area contributed by atoms with Gasteiger partial charge in [0.25, 0.3) is 5.91 Å². The molecule has 5 nitrogen and oxygen atoms in total. The Morgan fingerprint density at radius 2 is 1.93 bits per heavy atom. The molecule has 1 heterocycles. The van der Waals surface area contributed by atoms with Crippen molar-refractivity contribution in [3.8, 4) is 17.2 Å². The number of aromatic nitrogens is 1. The van der Waals surface area contributed by atoms with Crippen molar-refractivity contribution in [3.05, 3.63) is 76.3 Å². The maximum absolute atomic E-state index is 12.6. The minimum Gasteiger partial charge on any atom is -0.494 e. The number of benzene rings is 3. The molecule has 0 saturated carbocycles. The number of nitrogens with one attached hydrogen (secondary N) is 1. The molecule has 4 aromatic rings. The molecule has 0 atom stereocenters. The van der Waals surface area contributed by atoms with Gasteiger partial charge in [0.15, 0.2) is 5.58 Å². The average molecular weight is 427 g/mol. The number of hydrogen-bond acceptors (Lipinski definition) is 4. The SMILES string of the molecule is CCOc1cccc(C(=O)Nc2cccc(-c3nc4cc(Cl)cc(Cl)c4o3)c2)c1. The Kier molecular flexibility index (Phi) is 5.43. The molecule has 0 bridgehead atoms. The Bertz CT molecular complexity index is 1200. The van der Waals surface area contributed by atoms with Crippen LogP contribution in [-0.2, 0) is 0 Å². The highest BCUT2D eigenvalue weighted by Crippen LogP contribution is 2.32. The van der Waals surface area contributed by atoms with Crippen LogP contribution in [0, 0.1) is 0 Å². The molecule has 0 aliphatic carbocycles. The van der Waals surface area contributed by atoms with Gasteiger partial charge in [-0.1, -0.05) is 35.3 Å². The third-order valence-corrected chi connectivity index (χ3v) is 4.68. The van der Waals surface area contributed by atoms with Gasteiger partial charge < -0.3 is 14.5 Å². The van der Waals surface area contributed by atoms with E-state index in [9.17, 15) is 4.79 Å². The number of carbonyl (C=O) groups is 1. The number of carbonyl (C=O) groups excluding carboxylic acids is 1. The zero-order valence-corrected chi connectivity index (χ0v) is 16.9. The lowest BCUT2D eigenvalue weighted by Gasteiger charge is -2.08. The molecule has 0 aliphatic heterocycles. The van der Waals surface area contributed by atoms with E-state index in [1.165, 1.54) is 0 Å². The molecule has 0 unspecified atom stereocenters. The van der Waals surface area contributed by atoms with Gasteiger partial charge in [-0.05, 0) is 55.5 Å². The van der Waals surface area contributed by atoms with Crippen molar-refractivity contribution in [2.75, 3.05) is 11.9 Å². The molecule has 7 heteroatoms. The van der Waals surface area contributed by atoms with Crippen LogP contribution in [0.3, 0.4) is 0 Å². The summed E-state index contributed by atoms with van der Waals surface area (Å²) in [5.41, 5.74) is 2.85. The number of amides is 1. The molecule has 0 saturated heterocycles. The highest BCUT2D eigenvalue weighted by Gasteiger charge is 2.13. The van der Waals surface area contributed by atoms with E-state index in [0.717, 1.165) is 0 Å². The van der Waals surface area contributed by atoms with Crippen molar-refractivity contribution in [1.29, 1.82) is 0 Å². The van der Waals surface area contributed by atoms with Gasteiger partial charge >= 0.3 is 0 Å². The van der Waals surface area contributed by atoms with E-state index < -0.39 is 0 Å². The molecule has 146 valence electrons. The van der Waals surface area contributed by atoms with Crippen molar-refractivity contribution in [2.45, 2.75) is 6.92 Å². The van der Waals surface area contributed by atoms with Crippen LogP contribution in [-0.4, -0.2) is 17.5 Å². The van der Waals surface area contributed by atoms with Crippen molar-refractivity contribution >= 4 is 45.9 Å². The third-order valence-electron chi connectivity index (χ3n) is 4.18. The number of nitrogens with zero attached hydrogens (tertiary/aromatic N) is 1. The fourth-order valence-electron chi connectivity index (χ4n) is 2.91. The van der Waals surface area contributed by atoms with Crippen LogP contribution in [0.15, 0.2) is 65.1 Å². The molecule has 29 heavy (non-hydrogen) atoms. The fraction of sp³-hybridized carbons (Fsp3) is 0.0909. The van der Waals surface area contributed by atoms with Crippen LogP contribution in [0.2, 0.25) is 10.0 Å². The van der Waals surface area contributed by atoms with E-state index in [4.69, 9.17) is 32.4 Å². The van der Waals surface area contributed by atoms with Crippen molar-refractivity contribution < 1.29 is 13.9 Å². The van der Waals surface area contributed by atoms with Crippen molar-refractivity contribution in [1.82, 2.24) is 4.98 Å². The quantitative estimate of drug-likeness (QED) is 0.397. The zero-order chi connectivity index (χ0) is 20.4. The van der Waals surface area contributed by atoms with Gasteiger partial charge in [0.2, 0.25) is 5.89 Å². The smallest absolute Gasteiger partial charge is 0.255 e. The predicted molar refractivity (Wildman–Crippen MR) is 115 cm³/mol. The van der Waals surface area contributed by atoms with Crippen LogP contribution >= 0.6 is 23.2 Å². The number of fused-ring (bicyclic) bond motifs is 1. The van der Waals surface area contributed by atoms with Crippen LogP contribution in [0.5, 0.6) is 5.75 Å². The number of halogens is 2. The number of hydrogen-bond donors (Lipinski definition) is 1. The van der Waals surface area contributed by atoms with Gasteiger partial charge in [0.1, 0.15) is 11.3 Å². The van der Waals surface area contributed by atoms with E-state index in [0.29, 0.717) is 56.2 Å². The lowest BCUT2D eigenvalue weighted by Crippen LogP contribution is -2.12. The topological polar surface area (TPSA) is 64.4 Å². The minimum absolute atomic E-state index is 0.240. The first-order valence-corrected chi connectivity index (χ1v) is 9.69. The summed E-state index contributed by atoms with van der Waals surface area (Å²) in [4.78, 5) is 17.1. The molecule has 0 aliphatic rings. The Morgan fingerprint density at radius 1 is 1.10 bits per heavy atom. The summed E-state index contributed by atoms with van der Waals surface area (Å²) in [5, 5.41) is 3.76. The monoisotopic (exact) mass is 426 g/mol. The summed E-state index contributed by atoms with van der Waals surface area (Å²) in [6.45, 7) is 2.43. The summed E-state index contributed by atoms with van der Waals surface area (Å²) in [6, 6.07) is 17.5. The van der Waals surface area contributed by atoms with Crippen LogP contribution in [0.25, 0.3) is 22.6 Å². The average Bonchev–Trinajstić information content (AvgIpc) is 3.13. The van der Waals surface area contributed by atoms with E-state index in [2.05, 4.69) is 10.3 Å². The zero-order valence-electron chi connectivity index (χ0n) is 15.4. The second-order valence-corrected chi connectivity index (χ2v) is 7.09. The number of rotatable bonds is 5. The first-order chi connectivity index (χ1) is 14.0. The van der Waals surface area contributed by atoms with Crippen LogP contribution in [0.1, 0.15) is 17.3 Å². The number of ether oxygens (including phenoxy) is 1. The summed E-state index contributed by atoms with van der Waals surface area (Å²) in [6.07, 6.45) is 0. The Morgan fingerprint density at radius 3 is 2.76 bits per heavy atom. The van der Waals surface area contributed by atoms with Crippen molar-refractivity contribution in [2.24, 2.45) is 0 Å². The molecule has 0 radical (unpaired) electrons. The Hall–Kier alpha value is -3.02. The molecular formula is C22H16Cl2N2O3. The van der Waals surface area contributed by atoms with Gasteiger partial charge in [0.05, 0.1) is 11.6 Å². The number of anilines is 1. The Balaban J connectivity index is 1.60. The molecular weight excluding hydrogens is 411 g/mol. The lowest BCUT2D eigenvalue weighted by molar-refractivity contribution is 0.102. The van der Waals surface area contributed by atoms with Gasteiger partial charge in [0, 0.05) is 21.8 Å². The lowest BCUT2D eigenvalue weighted by atomic mass is 10.1. The molecule has 4 rings (SSSR count). The molecule has 0 fully saturated rings. The second-order valence-electron chi connectivity index (χ2n) is 6.25. The van der Waals surface area contributed by atoms with Gasteiger partial charge in [-0.2, -0.15) is 0 Å². The highest BCUT2D eigenvalue weighted by molar-refractivity contribution is 6.38. The first kappa shape index (κ1) is 19.3. The van der Waals surface area contributed by atoms with Gasteiger partial charge in [-0.25, -0.2) is 4.98 Å². The summed E-state index contributed by atoms with van der Waals surface area (Å²) in [7, 11) is 0. The summed E-state index contributed by atoms with van der Waals surface area (Å²) < 4.78 is 11.2. The first-order valence-electron chi connectivity index (χ1n) is 8.93. The Labute approximate surface area is 177 Å². The van der Waals surface area contributed by atoms with Gasteiger partial charge in [-0.3, -0.25) is 4.79 Å². The van der Waals surface area contributed by atoms with E-state index >= 15 is 0 Å². The third kappa shape index (κ3) is 4.21. The predicted octanol–water partition coefficient (Wildman–Crippen LogP) is 6.45. The van der Waals surface area contributed by atoms with Gasteiger partial charge in [-0.15, -0.1) is 0 Å². The maximum Gasteiger partial charge on any atom is 0.255 e. The van der Waals surface area contributed by atoms with E-state index in [1.807, 2.05) is 25.1 Å². The van der Waals surface area contributed by atoms with Crippen LogP contribution < -0.4 is 10.1 Å². The molecule has 1 N–H and O–H groups in total. The minimum atomic E-state index is -0.240. The van der Waals surface area contributed by atoms with Crippen molar-refractivity contribution in [3.63, 3.8) is 0 Å². The van der Waals surface area contributed by atoms with E-state index in [-0.39, 0.29) is 5.91 Å². The largest absolute Gasteiger partial charge is 0.494 e. The molecule has 1 amide bonds. The number of oxazole rings is 1. The fourth-order valence-corrected chi connectivity index (χ4v) is 3.43. The normalized spacial score (nSPS) is 10.9. The highest BCUT2D eigenvalue weighted by atomic mass is 35.5. The van der Waals surface area contributed by atoms with Crippen LogP contribution in [0.4, 0.5) is 5.69 Å². The van der Waals surface area contributed by atoms with E-state index in [1.54, 1.807) is 42.5 Å². The standard InChI is InChI=1S/C22H16Cl2N2O3/c1-2-28-17-8-4-5-13(10-17)21(27)25-16-7-3-6-14(9-16)22-26-19-12-15(23)11-18(24)20(19)29-22/h3-12H,2H2,1H3,(H,25,27).